The van der Waals surface area contributed by atoms with Gasteiger partial charge in [-0.3, -0.25) is 9.59 Å². The molecule has 0 bridgehead atoms. The van der Waals surface area contributed by atoms with Gasteiger partial charge >= 0.3 is 6.18 Å². The van der Waals surface area contributed by atoms with E-state index >= 15 is 0 Å². The Labute approximate surface area is 161 Å². The van der Waals surface area contributed by atoms with Crippen molar-refractivity contribution in [3.63, 3.8) is 0 Å². The number of amides is 2. The van der Waals surface area contributed by atoms with E-state index in [9.17, 15) is 31.5 Å². The van der Waals surface area contributed by atoms with Crippen molar-refractivity contribution in [2.75, 3.05) is 24.5 Å². The number of carbonyl (C=O) groups excluding carboxylic acids is 2. The summed E-state index contributed by atoms with van der Waals surface area (Å²) < 4.78 is 65.8. The van der Waals surface area contributed by atoms with Gasteiger partial charge < -0.3 is 9.80 Å². The Kier molecular flexibility index (Phi) is 5.29. The minimum Gasteiger partial charge on any atom is -0.327 e. The van der Waals surface area contributed by atoms with Gasteiger partial charge in [-0.25, -0.2) is 8.78 Å². The average Bonchev–Trinajstić information content (AvgIpc) is 2.61. The number of rotatable bonds is 2. The van der Waals surface area contributed by atoms with Crippen molar-refractivity contribution in [3.8, 4) is 0 Å². The van der Waals surface area contributed by atoms with Crippen LogP contribution in [0.5, 0.6) is 0 Å². The highest BCUT2D eigenvalue weighted by Crippen LogP contribution is 2.36. The van der Waals surface area contributed by atoms with Crippen LogP contribution in [-0.2, 0) is 11.0 Å². The number of halogens is 6. The summed E-state index contributed by atoms with van der Waals surface area (Å²) in [4.78, 5) is 27.0. The topological polar surface area (TPSA) is 40.6 Å². The van der Waals surface area contributed by atoms with Crippen molar-refractivity contribution in [1.82, 2.24) is 4.90 Å². The van der Waals surface area contributed by atoms with E-state index in [4.69, 9.17) is 11.6 Å². The van der Waals surface area contributed by atoms with Gasteiger partial charge in [-0.05, 0) is 24.3 Å². The number of hydrogen-bond acceptors (Lipinski definition) is 2. The third-order valence-corrected chi connectivity index (χ3v) is 4.65. The monoisotopic (exact) mass is 418 g/mol. The van der Waals surface area contributed by atoms with Crippen molar-refractivity contribution >= 4 is 29.1 Å². The first-order chi connectivity index (χ1) is 13.1. The molecule has 0 saturated carbocycles. The van der Waals surface area contributed by atoms with Crippen LogP contribution in [0.3, 0.4) is 0 Å². The Hall–Kier alpha value is -2.68. The molecule has 0 unspecified atom stereocenters. The molecule has 3 rings (SSSR count). The van der Waals surface area contributed by atoms with E-state index in [2.05, 4.69) is 0 Å². The number of hydrogen-bond donors (Lipinski definition) is 0. The molecule has 0 aromatic heterocycles. The van der Waals surface area contributed by atoms with Gasteiger partial charge in [0.2, 0.25) is 5.91 Å². The maximum absolute atomic E-state index is 13.9. The minimum absolute atomic E-state index is 0.0615. The van der Waals surface area contributed by atoms with Crippen LogP contribution < -0.4 is 4.90 Å². The normalized spacial score (nSPS) is 15.1. The van der Waals surface area contributed by atoms with Crippen LogP contribution in [0, 0.1) is 11.6 Å². The maximum atomic E-state index is 13.9. The van der Waals surface area contributed by atoms with Crippen LogP contribution in [-0.4, -0.2) is 36.3 Å². The quantitative estimate of drug-likeness (QED) is 0.688. The van der Waals surface area contributed by atoms with Gasteiger partial charge in [0.05, 0.1) is 21.8 Å². The lowest BCUT2D eigenvalue weighted by Gasteiger charge is -2.34. The molecule has 1 saturated heterocycles. The number of nitrogens with zero attached hydrogens (tertiary/aromatic N) is 2. The Morgan fingerprint density at radius 1 is 1.07 bits per heavy atom. The first kappa shape index (κ1) is 20.1. The molecule has 0 radical (unpaired) electrons. The molecule has 0 spiro atoms. The molecule has 10 heteroatoms. The van der Waals surface area contributed by atoms with E-state index < -0.39 is 46.8 Å². The van der Waals surface area contributed by atoms with Gasteiger partial charge in [-0.1, -0.05) is 17.7 Å². The lowest BCUT2D eigenvalue weighted by Crippen LogP contribution is -2.52. The van der Waals surface area contributed by atoms with Crippen molar-refractivity contribution in [1.29, 1.82) is 0 Å². The maximum Gasteiger partial charge on any atom is 0.417 e. The molecule has 0 N–H and O–H groups in total. The fourth-order valence-corrected chi connectivity index (χ4v) is 3.20. The molecule has 0 aliphatic carbocycles. The van der Waals surface area contributed by atoms with E-state index in [-0.39, 0.29) is 24.3 Å². The third kappa shape index (κ3) is 3.80. The van der Waals surface area contributed by atoms with E-state index in [1.807, 2.05) is 0 Å². The van der Waals surface area contributed by atoms with Crippen molar-refractivity contribution in [2.45, 2.75) is 6.18 Å². The second-order valence-electron chi connectivity index (χ2n) is 6.03. The van der Waals surface area contributed by atoms with Crippen molar-refractivity contribution < 1.29 is 31.5 Å². The molecular formula is C18H12ClF5N2O2. The Morgan fingerprint density at radius 3 is 2.39 bits per heavy atom. The fourth-order valence-electron chi connectivity index (χ4n) is 2.89. The number of alkyl halides is 3. The predicted octanol–water partition coefficient (Wildman–Crippen LogP) is 4.13. The van der Waals surface area contributed by atoms with Gasteiger partial charge in [0, 0.05) is 19.2 Å². The van der Waals surface area contributed by atoms with Gasteiger partial charge in [0.25, 0.3) is 5.91 Å². The van der Waals surface area contributed by atoms with Crippen LogP contribution >= 0.6 is 11.6 Å². The summed E-state index contributed by atoms with van der Waals surface area (Å²) in [6, 6.07) is 5.65. The lowest BCUT2D eigenvalue weighted by molar-refractivity contribution is -0.137. The van der Waals surface area contributed by atoms with E-state index in [0.717, 1.165) is 40.1 Å². The summed E-state index contributed by atoms with van der Waals surface area (Å²) >= 11 is 5.76. The van der Waals surface area contributed by atoms with Crippen LogP contribution in [0.25, 0.3) is 0 Å². The molecule has 28 heavy (non-hydrogen) atoms. The molecule has 0 atom stereocenters. The zero-order valence-corrected chi connectivity index (χ0v) is 14.8. The Balaban J connectivity index is 1.81. The molecule has 1 aliphatic heterocycles. The first-order valence-corrected chi connectivity index (χ1v) is 8.38. The van der Waals surface area contributed by atoms with Crippen molar-refractivity contribution in [2.24, 2.45) is 0 Å². The third-order valence-electron chi connectivity index (χ3n) is 4.24. The zero-order valence-electron chi connectivity index (χ0n) is 14.1. The summed E-state index contributed by atoms with van der Waals surface area (Å²) in [5, 5.41) is -0.751. The molecule has 2 aromatic rings. The van der Waals surface area contributed by atoms with Crippen LogP contribution in [0.4, 0.5) is 27.6 Å². The Bertz CT molecular complexity index is 948. The fraction of sp³-hybridized carbons (Fsp3) is 0.222. The van der Waals surface area contributed by atoms with Gasteiger partial charge in [0.1, 0.15) is 18.2 Å². The standard InChI is InChI=1S/C18H12ClF5N2O2/c19-16-11(2-1-3-12(16)18(22,23)24)17(28)25-6-7-26(15(27)9-25)14-5-4-10(20)8-13(14)21/h1-5,8H,6-7,9H2. The number of benzene rings is 2. The highest BCUT2D eigenvalue weighted by molar-refractivity contribution is 6.34. The van der Waals surface area contributed by atoms with E-state index in [1.54, 1.807) is 0 Å². The average molecular weight is 419 g/mol. The van der Waals surface area contributed by atoms with Gasteiger partial charge in [-0.2, -0.15) is 13.2 Å². The summed E-state index contributed by atoms with van der Waals surface area (Å²) in [6.45, 7) is -0.653. The highest BCUT2D eigenvalue weighted by Gasteiger charge is 2.36. The number of anilines is 1. The molecule has 148 valence electrons. The highest BCUT2D eigenvalue weighted by atomic mass is 35.5. The number of carbonyl (C=O) groups is 2. The second kappa shape index (κ2) is 7.38. The zero-order chi connectivity index (χ0) is 20.6. The predicted molar refractivity (Wildman–Crippen MR) is 91.1 cm³/mol. The lowest BCUT2D eigenvalue weighted by atomic mass is 10.1. The van der Waals surface area contributed by atoms with E-state index in [1.165, 1.54) is 0 Å². The van der Waals surface area contributed by atoms with Crippen LogP contribution in [0.15, 0.2) is 36.4 Å². The molecule has 4 nitrogen and oxygen atoms in total. The smallest absolute Gasteiger partial charge is 0.327 e. The summed E-state index contributed by atoms with van der Waals surface area (Å²) in [5.41, 5.74) is -1.68. The Morgan fingerprint density at radius 2 is 1.79 bits per heavy atom. The van der Waals surface area contributed by atoms with Crippen LogP contribution in [0.1, 0.15) is 15.9 Å². The second-order valence-corrected chi connectivity index (χ2v) is 6.41. The van der Waals surface area contributed by atoms with Crippen LogP contribution in [0.2, 0.25) is 5.02 Å². The first-order valence-electron chi connectivity index (χ1n) is 8.00. The molecule has 1 aliphatic rings. The summed E-state index contributed by atoms with van der Waals surface area (Å²) in [6.07, 6.45) is -4.73. The molecule has 2 aromatic carbocycles. The number of piperazine rings is 1. The summed E-state index contributed by atoms with van der Waals surface area (Å²) in [7, 11) is 0. The van der Waals surface area contributed by atoms with E-state index in [0.29, 0.717) is 6.07 Å². The van der Waals surface area contributed by atoms with Gasteiger partial charge in [-0.15, -0.1) is 0 Å². The molecular weight excluding hydrogens is 407 g/mol. The largest absolute Gasteiger partial charge is 0.417 e. The molecule has 1 fully saturated rings. The minimum atomic E-state index is -4.73. The van der Waals surface area contributed by atoms with Crippen molar-refractivity contribution in [3.05, 3.63) is 64.2 Å². The SMILES string of the molecule is O=C(c1cccc(C(F)(F)F)c1Cl)N1CCN(c2ccc(F)cc2F)C(=O)C1. The summed E-state index contributed by atoms with van der Waals surface area (Å²) in [5.74, 6) is -3.24. The van der Waals surface area contributed by atoms with Gasteiger partial charge in [0.15, 0.2) is 0 Å². The molecule has 2 amide bonds. The molecule has 1 heterocycles.